The maximum atomic E-state index is 12.4. The van der Waals surface area contributed by atoms with E-state index in [4.69, 9.17) is 0 Å². The van der Waals surface area contributed by atoms with Crippen LogP contribution >= 0.6 is 11.8 Å². The van der Waals surface area contributed by atoms with Gasteiger partial charge in [-0.15, -0.1) is 0 Å². The highest BCUT2D eigenvalue weighted by Gasteiger charge is 2.14. The van der Waals surface area contributed by atoms with E-state index in [-0.39, 0.29) is 5.78 Å². The number of benzene rings is 1. The van der Waals surface area contributed by atoms with Crippen molar-refractivity contribution in [3.8, 4) is 0 Å². The molecule has 2 aromatic rings. The highest BCUT2D eigenvalue weighted by atomic mass is 32.2. The molecule has 20 heavy (non-hydrogen) atoms. The Labute approximate surface area is 124 Å². The SMILES string of the molecule is Cc1cc(C)c(C(=O)CSc2cc(C)nn2C)c(C)c1. The van der Waals surface area contributed by atoms with E-state index in [1.807, 2.05) is 38.6 Å². The molecule has 0 saturated heterocycles. The van der Waals surface area contributed by atoms with Gasteiger partial charge in [-0.05, 0) is 44.9 Å². The first kappa shape index (κ1) is 14.9. The third-order valence-electron chi connectivity index (χ3n) is 3.27. The Morgan fingerprint density at radius 1 is 1.15 bits per heavy atom. The summed E-state index contributed by atoms with van der Waals surface area (Å²) in [4.78, 5) is 12.4. The molecule has 0 aliphatic carbocycles. The summed E-state index contributed by atoms with van der Waals surface area (Å²) in [7, 11) is 1.90. The summed E-state index contributed by atoms with van der Waals surface area (Å²) in [6.45, 7) is 8.03. The second kappa shape index (κ2) is 5.83. The molecule has 1 heterocycles. The smallest absolute Gasteiger partial charge is 0.173 e. The zero-order chi connectivity index (χ0) is 14.9. The summed E-state index contributed by atoms with van der Waals surface area (Å²) >= 11 is 1.54. The van der Waals surface area contributed by atoms with E-state index in [0.29, 0.717) is 5.75 Å². The van der Waals surface area contributed by atoms with Crippen molar-refractivity contribution in [1.82, 2.24) is 9.78 Å². The van der Waals surface area contributed by atoms with Gasteiger partial charge in [-0.2, -0.15) is 5.10 Å². The molecule has 1 aromatic carbocycles. The van der Waals surface area contributed by atoms with Crippen LogP contribution in [-0.4, -0.2) is 21.3 Å². The van der Waals surface area contributed by atoms with E-state index in [1.165, 1.54) is 5.56 Å². The number of aryl methyl sites for hydroxylation is 5. The zero-order valence-electron chi connectivity index (χ0n) is 12.7. The molecule has 0 spiro atoms. The van der Waals surface area contributed by atoms with Gasteiger partial charge in [-0.1, -0.05) is 29.5 Å². The Morgan fingerprint density at radius 3 is 2.25 bits per heavy atom. The first-order chi connectivity index (χ1) is 9.38. The maximum absolute atomic E-state index is 12.4. The lowest BCUT2D eigenvalue weighted by Gasteiger charge is -2.10. The van der Waals surface area contributed by atoms with Gasteiger partial charge in [0.25, 0.3) is 0 Å². The lowest BCUT2D eigenvalue weighted by Crippen LogP contribution is -2.08. The molecule has 1 aromatic heterocycles. The van der Waals surface area contributed by atoms with E-state index >= 15 is 0 Å². The van der Waals surface area contributed by atoms with E-state index in [0.717, 1.165) is 27.4 Å². The molecular weight excluding hydrogens is 268 g/mol. The Hall–Kier alpha value is -1.55. The van der Waals surface area contributed by atoms with Crippen LogP contribution in [0.2, 0.25) is 0 Å². The van der Waals surface area contributed by atoms with Crippen LogP contribution in [0.3, 0.4) is 0 Å². The highest BCUT2D eigenvalue weighted by Crippen LogP contribution is 2.23. The molecule has 106 valence electrons. The van der Waals surface area contributed by atoms with Crippen LogP contribution < -0.4 is 0 Å². The Kier molecular flexibility index (Phi) is 4.33. The van der Waals surface area contributed by atoms with Crippen LogP contribution in [0.5, 0.6) is 0 Å². The molecule has 0 aliphatic heterocycles. The number of hydrogen-bond donors (Lipinski definition) is 0. The second-order valence-corrected chi connectivity index (χ2v) is 6.23. The van der Waals surface area contributed by atoms with Crippen LogP contribution in [-0.2, 0) is 7.05 Å². The number of Topliss-reactive ketones (excluding diaryl/α,β-unsaturated/α-hetero) is 1. The summed E-state index contributed by atoms with van der Waals surface area (Å²) in [6, 6.07) is 6.14. The summed E-state index contributed by atoms with van der Waals surface area (Å²) in [5.74, 6) is 0.632. The molecule has 0 radical (unpaired) electrons. The van der Waals surface area contributed by atoms with Gasteiger partial charge in [-0.25, -0.2) is 0 Å². The average Bonchev–Trinajstić information content (AvgIpc) is 2.63. The number of nitrogens with zero attached hydrogens (tertiary/aromatic N) is 2. The van der Waals surface area contributed by atoms with Gasteiger partial charge < -0.3 is 0 Å². The van der Waals surface area contributed by atoms with Crippen molar-refractivity contribution < 1.29 is 4.79 Å². The monoisotopic (exact) mass is 288 g/mol. The average molecular weight is 288 g/mol. The lowest BCUT2D eigenvalue weighted by atomic mass is 9.97. The van der Waals surface area contributed by atoms with E-state index in [2.05, 4.69) is 24.2 Å². The topological polar surface area (TPSA) is 34.9 Å². The Morgan fingerprint density at radius 2 is 1.75 bits per heavy atom. The molecule has 0 atom stereocenters. The molecule has 0 fully saturated rings. The normalized spacial score (nSPS) is 10.8. The fourth-order valence-corrected chi connectivity index (χ4v) is 3.46. The molecule has 0 unspecified atom stereocenters. The standard InChI is InChI=1S/C16H20N2OS/c1-10-6-11(2)16(12(3)7-10)14(19)9-20-15-8-13(4)17-18(15)5/h6-8H,9H2,1-5H3. The molecule has 2 rings (SSSR count). The molecular formula is C16H20N2OS. The Bertz CT molecular complexity index is 635. The number of ketones is 1. The fraction of sp³-hybridized carbons (Fsp3) is 0.375. The van der Waals surface area contributed by atoms with E-state index in [1.54, 1.807) is 11.8 Å². The summed E-state index contributed by atoms with van der Waals surface area (Å²) in [5, 5.41) is 5.32. The van der Waals surface area contributed by atoms with E-state index < -0.39 is 0 Å². The van der Waals surface area contributed by atoms with Crippen LogP contribution in [0.25, 0.3) is 0 Å². The molecule has 0 saturated carbocycles. The minimum atomic E-state index is 0.184. The molecule has 0 aliphatic rings. The second-order valence-electron chi connectivity index (χ2n) is 5.23. The highest BCUT2D eigenvalue weighted by molar-refractivity contribution is 7.99. The summed E-state index contributed by atoms with van der Waals surface area (Å²) in [6.07, 6.45) is 0. The predicted octanol–water partition coefficient (Wildman–Crippen LogP) is 3.63. The largest absolute Gasteiger partial charge is 0.293 e. The number of rotatable bonds is 4. The van der Waals surface area contributed by atoms with Gasteiger partial charge in [0.15, 0.2) is 5.78 Å². The summed E-state index contributed by atoms with van der Waals surface area (Å²) < 4.78 is 1.82. The van der Waals surface area contributed by atoms with Crippen LogP contribution in [0.4, 0.5) is 0 Å². The van der Waals surface area contributed by atoms with Crippen molar-refractivity contribution in [2.75, 3.05) is 5.75 Å². The third kappa shape index (κ3) is 3.12. The number of carbonyl (C=O) groups is 1. The van der Waals surface area contributed by atoms with Gasteiger partial charge in [0, 0.05) is 12.6 Å². The van der Waals surface area contributed by atoms with E-state index in [9.17, 15) is 4.79 Å². The molecule has 4 heteroatoms. The third-order valence-corrected chi connectivity index (χ3v) is 4.35. The quantitative estimate of drug-likeness (QED) is 0.636. The number of thioether (sulfide) groups is 1. The van der Waals surface area contributed by atoms with Crippen molar-refractivity contribution in [3.63, 3.8) is 0 Å². The fourth-order valence-electron chi connectivity index (χ4n) is 2.55. The van der Waals surface area contributed by atoms with Gasteiger partial charge in [0.2, 0.25) is 0 Å². The molecule has 0 bridgehead atoms. The van der Waals surface area contributed by atoms with Crippen molar-refractivity contribution in [2.24, 2.45) is 7.05 Å². The van der Waals surface area contributed by atoms with Crippen molar-refractivity contribution in [2.45, 2.75) is 32.7 Å². The summed E-state index contributed by atoms with van der Waals surface area (Å²) in [5.41, 5.74) is 5.17. The van der Waals surface area contributed by atoms with Crippen LogP contribution in [0, 0.1) is 27.7 Å². The molecule has 0 amide bonds. The lowest BCUT2D eigenvalue weighted by molar-refractivity contribution is 0.102. The molecule has 0 N–H and O–H groups in total. The van der Waals surface area contributed by atoms with Gasteiger partial charge in [0.1, 0.15) is 0 Å². The van der Waals surface area contributed by atoms with Crippen molar-refractivity contribution in [3.05, 3.63) is 46.1 Å². The number of hydrogen-bond acceptors (Lipinski definition) is 3. The Balaban J connectivity index is 2.15. The predicted molar refractivity (Wildman–Crippen MR) is 83.7 cm³/mol. The zero-order valence-corrected chi connectivity index (χ0v) is 13.5. The van der Waals surface area contributed by atoms with Gasteiger partial charge >= 0.3 is 0 Å². The van der Waals surface area contributed by atoms with Crippen LogP contribution in [0.1, 0.15) is 32.7 Å². The van der Waals surface area contributed by atoms with Crippen molar-refractivity contribution in [1.29, 1.82) is 0 Å². The number of carbonyl (C=O) groups excluding carboxylic acids is 1. The van der Waals surface area contributed by atoms with Crippen LogP contribution in [0.15, 0.2) is 23.2 Å². The first-order valence-electron chi connectivity index (χ1n) is 6.63. The minimum absolute atomic E-state index is 0.184. The maximum Gasteiger partial charge on any atom is 0.173 e. The number of aromatic nitrogens is 2. The molecule has 3 nitrogen and oxygen atoms in total. The van der Waals surface area contributed by atoms with Gasteiger partial charge in [0.05, 0.1) is 16.5 Å². The van der Waals surface area contributed by atoms with Crippen molar-refractivity contribution >= 4 is 17.5 Å². The van der Waals surface area contributed by atoms with Gasteiger partial charge in [-0.3, -0.25) is 9.48 Å². The minimum Gasteiger partial charge on any atom is -0.293 e. The first-order valence-corrected chi connectivity index (χ1v) is 7.61.